The van der Waals surface area contributed by atoms with Crippen molar-refractivity contribution in [2.24, 2.45) is 5.73 Å². The van der Waals surface area contributed by atoms with Crippen molar-refractivity contribution in [3.63, 3.8) is 0 Å². The number of carbonyl (C=O) groups excluding carboxylic acids is 1. The molecule has 0 rings (SSSR count). The number of hydrogen-bond donors (Lipinski definition) is 5. The van der Waals surface area contributed by atoms with E-state index in [1.54, 1.807) is 6.08 Å². The molecular formula is C32H59N2O7P. The third-order valence-electron chi connectivity index (χ3n) is 6.39. The van der Waals surface area contributed by atoms with Crippen LogP contribution in [-0.4, -0.2) is 59.0 Å². The molecule has 42 heavy (non-hydrogen) atoms. The van der Waals surface area contributed by atoms with Crippen LogP contribution >= 0.6 is 7.82 Å². The summed E-state index contributed by atoms with van der Waals surface area (Å²) in [5, 5.41) is 23.7. The van der Waals surface area contributed by atoms with Gasteiger partial charge in [0.2, 0.25) is 5.91 Å². The monoisotopic (exact) mass is 614 g/mol. The fourth-order valence-corrected chi connectivity index (χ4v) is 4.72. The Balaban J connectivity index is 4.70. The number of phosphoric acid groups is 1. The summed E-state index contributed by atoms with van der Waals surface area (Å²) in [5.41, 5.74) is 5.31. The fourth-order valence-electron chi connectivity index (χ4n) is 3.96. The van der Waals surface area contributed by atoms with Crippen LogP contribution in [0.3, 0.4) is 0 Å². The molecular weight excluding hydrogens is 555 g/mol. The summed E-state index contributed by atoms with van der Waals surface area (Å²) in [7, 11) is -4.40. The van der Waals surface area contributed by atoms with Crippen molar-refractivity contribution in [2.75, 3.05) is 19.8 Å². The van der Waals surface area contributed by atoms with Crippen LogP contribution in [-0.2, 0) is 18.4 Å². The van der Waals surface area contributed by atoms with Crippen LogP contribution in [0.5, 0.6) is 0 Å². The van der Waals surface area contributed by atoms with E-state index in [9.17, 15) is 24.5 Å². The maximum absolute atomic E-state index is 12.6. The molecule has 4 atom stereocenters. The van der Waals surface area contributed by atoms with Crippen molar-refractivity contribution in [1.82, 2.24) is 5.32 Å². The van der Waals surface area contributed by atoms with Crippen LogP contribution in [0, 0.1) is 0 Å². The zero-order chi connectivity index (χ0) is 31.3. The van der Waals surface area contributed by atoms with Crippen molar-refractivity contribution < 1.29 is 33.5 Å². The minimum atomic E-state index is -4.40. The lowest BCUT2D eigenvalue weighted by molar-refractivity contribution is -0.124. The van der Waals surface area contributed by atoms with Gasteiger partial charge in [-0.15, -0.1) is 0 Å². The van der Waals surface area contributed by atoms with Crippen molar-refractivity contribution in [3.05, 3.63) is 48.6 Å². The van der Waals surface area contributed by atoms with E-state index in [1.807, 2.05) is 0 Å². The zero-order valence-corrected chi connectivity index (χ0v) is 27.0. The molecule has 0 fully saturated rings. The number of phosphoric ester groups is 1. The molecule has 10 heteroatoms. The predicted octanol–water partition coefficient (Wildman–Crippen LogP) is 6.40. The number of amides is 1. The highest BCUT2D eigenvalue weighted by atomic mass is 31.2. The Morgan fingerprint density at radius 1 is 0.810 bits per heavy atom. The zero-order valence-electron chi connectivity index (χ0n) is 26.1. The largest absolute Gasteiger partial charge is 0.472 e. The first-order valence-corrected chi connectivity index (χ1v) is 17.3. The van der Waals surface area contributed by atoms with E-state index in [2.05, 4.69) is 55.6 Å². The summed E-state index contributed by atoms with van der Waals surface area (Å²) >= 11 is 0. The summed E-state index contributed by atoms with van der Waals surface area (Å²) in [5.74, 6) is -0.478. The van der Waals surface area contributed by atoms with Gasteiger partial charge < -0.3 is 26.2 Å². The molecule has 0 aromatic rings. The third-order valence-corrected chi connectivity index (χ3v) is 7.37. The minimum Gasteiger partial charge on any atom is -0.393 e. The Morgan fingerprint density at radius 2 is 1.40 bits per heavy atom. The molecule has 0 saturated heterocycles. The summed E-state index contributed by atoms with van der Waals surface area (Å²) in [4.78, 5) is 22.5. The van der Waals surface area contributed by atoms with Gasteiger partial charge in [0.05, 0.1) is 37.9 Å². The number of allylic oxidation sites excluding steroid dienone is 7. The van der Waals surface area contributed by atoms with Gasteiger partial charge >= 0.3 is 7.82 Å². The second-order valence-corrected chi connectivity index (χ2v) is 11.9. The molecule has 0 bridgehead atoms. The van der Waals surface area contributed by atoms with Crippen LogP contribution in [0.2, 0.25) is 0 Å². The Kier molecular flexibility index (Phi) is 27.1. The lowest BCUT2D eigenvalue weighted by Gasteiger charge is -2.24. The van der Waals surface area contributed by atoms with Crippen LogP contribution in [0.4, 0.5) is 0 Å². The van der Waals surface area contributed by atoms with Crippen LogP contribution in [0.15, 0.2) is 48.6 Å². The molecule has 0 aliphatic rings. The molecule has 9 nitrogen and oxygen atoms in total. The average Bonchev–Trinajstić information content (AvgIpc) is 2.96. The molecule has 4 unspecified atom stereocenters. The number of hydrogen-bond acceptors (Lipinski definition) is 7. The summed E-state index contributed by atoms with van der Waals surface area (Å²) < 4.78 is 21.8. The fraction of sp³-hybridized carbons (Fsp3) is 0.719. The summed E-state index contributed by atoms with van der Waals surface area (Å²) in [6.45, 7) is 3.75. The topological polar surface area (TPSA) is 151 Å². The van der Waals surface area contributed by atoms with E-state index in [1.165, 1.54) is 18.9 Å². The molecule has 0 radical (unpaired) electrons. The van der Waals surface area contributed by atoms with E-state index < -0.39 is 38.6 Å². The van der Waals surface area contributed by atoms with Gasteiger partial charge in [0.15, 0.2) is 0 Å². The minimum absolute atomic E-state index is 0.0387. The number of carbonyl (C=O) groups is 1. The number of unbranched alkanes of at least 4 members (excludes halogenated alkanes) is 8. The number of nitrogens with one attached hydrogen (secondary N) is 1. The van der Waals surface area contributed by atoms with Crippen molar-refractivity contribution in [3.8, 4) is 0 Å². The Morgan fingerprint density at radius 3 is 2.02 bits per heavy atom. The number of nitrogens with two attached hydrogens (primary N) is 1. The maximum Gasteiger partial charge on any atom is 0.472 e. The lowest BCUT2D eigenvalue weighted by Crippen LogP contribution is -2.46. The number of aliphatic hydroxyl groups is 2. The highest BCUT2D eigenvalue weighted by Gasteiger charge is 2.27. The number of aliphatic hydroxyl groups excluding tert-OH is 2. The van der Waals surface area contributed by atoms with E-state index in [-0.39, 0.29) is 19.6 Å². The van der Waals surface area contributed by atoms with Crippen molar-refractivity contribution >= 4 is 13.7 Å². The Hall–Kier alpha value is -1.58. The Labute approximate surface area is 255 Å². The van der Waals surface area contributed by atoms with E-state index in [4.69, 9.17) is 14.8 Å². The molecule has 0 saturated carbocycles. The van der Waals surface area contributed by atoms with Crippen molar-refractivity contribution in [2.45, 2.75) is 128 Å². The molecule has 244 valence electrons. The lowest BCUT2D eigenvalue weighted by atomic mass is 10.1. The normalized spacial score (nSPS) is 16.0. The second-order valence-electron chi connectivity index (χ2n) is 10.5. The maximum atomic E-state index is 12.6. The summed E-state index contributed by atoms with van der Waals surface area (Å²) in [6, 6.07) is -1.01. The first-order chi connectivity index (χ1) is 20.3. The quantitative estimate of drug-likeness (QED) is 0.0386. The molecule has 0 aromatic carbocycles. The van der Waals surface area contributed by atoms with E-state index in [0.29, 0.717) is 12.8 Å². The van der Waals surface area contributed by atoms with Gasteiger partial charge in [-0.05, 0) is 57.8 Å². The van der Waals surface area contributed by atoms with E-state index >= 15 is 0 Å². The predicted molar refractivity (Wildman–Crippen MR) is 172 cm³/mol. The van der Waals surface area contributed by atoms with Crippen molar-refractivity contribution in [1.29, 1.82) is 0 Å². The van der Waals surface area contributed by atoms with Gasteiger partial charge in [0.1, 0.15) is 0 Å². The highest BCUT2D eigenvalue weighted by Crippen LogP contribution is 2.43. The molecule has 1 amide bonds. The highest BCUT2D eigenvalue weighted by molar-refractivity contribution is 7.47. The van der Waals surface area contributed by atoms with Crippen LogP contribution in [0.25, 0.3) is 0 Å². The van der Waals surface area contributed by atoms with Gasteiger partial charge in [-0.1, -0.05) is 94.6 Å². The average molecular weight is 615 g/mol. The van der Waals surface area contributed by atoms with Crippen LogP contribution in [0.1, 0.15) is 110 Å². The molecule has 6 N–H and O–H groups in total. The molecule has 0 aliphatic carbocycles. The van der Waals surface area contributed by atoms with Gasteiger partial charge in [-0.25, -0.2) is 4.57 Å². The standard InChI is InChI=1S/C32H59N2O7P/c1-3-5-7-9-11-13-14-16-18-20-22-24-31(36)30(28-41-42(38,39)40-26-25-33)34-32(37)27-29(35)23-21-19-17-15-12-10-8-6-4-2/h7,9-10,12,14,16,22,24,29-31,35-36H,3-6,8,11,13,15,17-21,23,25-28,33H2,1-2H3,(H,34,37)(H,38,39)/b9-7+,12-10-,16-14+,24-22+. The van der Waals surface area contributed by atoms with Gasteiger partial charge in [0, 0.05) is 6.54 Å². The first kappa shape index (κ1) is 40.4. The SMILES string of the molecule is CCC/C=C/CC/C=C/CC/C=C/C(O)C(COP(=O)(O)OCCN)NC(=O)CC(O)CCCCC/C=C\CCCC. The summed E-state index contributed by atoms with van der Waals surface area (Å²) in [6.07, 6.45) is 27.9. The van der Waals surface area contributed by atoms with E-state index in [0.717, 1.165) is 64.2 Å². The first-order valence-electron chi connectivity index (χ1n) is 15.8. The van der Waals surface area contributed by atoms with Gasteiger partial charge in [0.25, 0.3) is 0 Å². The van der Waals surface area contributed by atoms with Gasteiger partial charge in [-0.3, -0.25) is 13.8 Å². The molecule has 0 aromatic heterocycles. The van der Waals surface area contributed by atoms with Crippen LogP contribution < -0.4 is 11.1 Å². The van der Waals surface area contributed by atoms with Gasteiger partial charge in [-0.2, -0.15) is 0 Å². The molecule has 0 heterocycles. The second kappa shape index (κ2) is 28.2. The number of rotatable bonds is 28. The Bertz CT molecular complexity index is 817. The molecule has 0 aliphatic heterocycles. The molecule has 0 spiro atoms. The smallest absolute Gasteiger partial charge is 0.393 e. The third kappa shape index (κ3) is 26.1.